The zero-order valence-corrected chi connectivity index (χ0v) is 10.7. The first kappa shape index (κ1) is 11.5. The van der Waals surface area contributed by atoms with Gasteiger partial charge in [-0.25, -0.2) is 0 Å². The predicted octanol–water partition coefficient (Wildman–Crippen LogP) is 4.00. The number of fused-ring (bicyclic) bond motifs is 1. The average Bonchev–Trinajstić information content (AvgIpc) is 2.68. The molecule has 0 saturated carbocycles. The number of nitrogens with one attached hydrogen (secondary N) is 1. The van der Waals surface area contributed by atoms with Gasteiger partial charge in [0, 0.05) is 0 Å². The second kappa shape index (κ2) is 5.36. The molecule has 0 atom stereocenters. The fourth-order valence-electron chi connectivity index (χ4n) is 2.68. The summed E-state index contributed by atoms with van der Waals surface area (Å²) in [6.45, 7) is 2.28. The van der Waals surface area contributed by atoms with Gasteiger partial charge in [-0.05, 0) is 48.7 Å². The van der Waals surface area contributed by atoms with Crippen molar-refractivity contribution < 1.29 is 0 Å². The molecule has 1 saturated heterocycles. The van der Waals surface area contributed by atoms with Crippen LogP contribution in [0.15, 0.2) is 48.0 Å². The van der Waals surface area contributed by atoms with Gasteiger partial charge in [0.05, 0.1) is 0 Å². The molecule has 0 radical (unpaired) electrons. The molecule has 0 amide bonds. The van der Waals surface area contributed by atoms with Crippen molar-refractivity contribution in [3.8, 4) is 0 Å². The molecule has 18 heavy (non-hydrogen) atoms. The highest BCUT2D eigenvalue weighted by molar-refractivity contribution is 5.90. The van der Waals surface area contributed by atoms with Gasteiger partial charge in [0.15, 0.2) is 0 Å². The van der Waals surface area contributed by atoms with Crippen molar-refractivity contribution in [1.82, 2.24) is 5.32 Å². The minimum Gasteiger partial charge on any atom is -0.316 e. The van der Waals surface area contributed by atoms with E-state index in [2.05, 4.69) is 53.9 Å². The summed E-state index contributed by atoms with van der Waals surface area (Å²) in [6.07, 6.45) is 6.07. The van der Waals surface area contributed by atoms with Gasteiger partial charge in [-0.2, -0.15) is 0 Å². The maximum atomic E-state index is 3.46. The third kappa shape index (κ3) is 2.46. The molecular formula is C17H19N. The summed E-state index contributed by atoms with van der Waals surface area (Å²) in [5.74, 6) is 0. The van der Waals surface area contributed by atoms with Gasteiger partial charge >= 0.3 is 0 Å². The van der Waals surface area contributed by atoms with Gasteiger partial charge < -0.3 is 5.32 Å². The van der Waals surface area contributed by atoms with Crippen LogP contribution in [0.3, 0.4) is 0 Å². The molecule has 1 aliphatic heterocycles. The highest BCUT2D eigenvalue weighted by atomic mass is 14.8. The van der Waals surface area contributed by atoms with Crippen molar-refractivity contribution >= 4 is 16.8 Å². The maximum absolute atomic E-state index is 3.46. The first-order valence-corrected chi connectivity index (χ1v) is 6.81. The van der Waals surface area contributed by atoms with E-state index in [9.17, 15) is 0 Å². The van der Waals surface area contributed by atoms with E-state index in [1.165, 1.54) is 35.6 Å². The van der Waals surface area contributed by atoms with Crippen LogP contribution in [0.4, 0.5) is 0 Å². The van der Waals surface area contributed by atoms with Gasteiger partial charge in [-0.3, -0.25) is 0 Å². The van der Waals surface area contributed by atoms with E-state index in [1.807, 2.05) is 0 Å². The number of rotatable bonds is 1. The van der Waals surface area contributed by atoms with Crippen LogP contribution in [0, 0.1) is 0 Å². The second-order valence-electron chi connectivity index (χ2n) is 4.97. The van der Waals surface area contributed by atoms with Crippen LogP contribution >= 0.6 is 0 Å². The summed E-state index contributed by atoms with van der Waals surface area (Å²) < 4.78 is 0. The summed E-state index contributed by atoms with van der Waals surface area (Å²) in [5.41, 5.74) is 2.95. The van der Waals surface area contributed by atoms with Crippen LogP contribution in [0.5, 0.6) is 0 Å². The lowest BCUT2D eigenvalue weighted by molar-refractivity contribution is 0.703. The first-order valence-electron chi connectivity index (χ1n) is 6.81. The Morgan fingerprint density at radius 1 is 0.889 bits per heavy atom. The zero-order chi connectivity index (χ0) is 12.2. The quantitative estimate of drug-likeness (QED) is 0.790. The van der Waals surface area contributed by atoms with E-state index in [0.29, 0.717) is 0 Å². The smallest absolute Gasteiger partial charge is 0.00115 e. The predicted molar refractivity (Wildman–Crippen MR) is 78.6 cm³/mol. The summed E-state index contributed by atoms with van der Waals surface area (Å²) in [7, 11) is 0. The van der Waals surface area contributed by atoms with Crippen molar-refractivity contribution in [3.05, 3.63) is 53.6 Å². The van der Waals surface area contributed by atoms with Gasteiger partial charge in [-0.1, -0.05) is 54.1 Å². The first-order chi connectivity index (χ1) is 8.93. The fourth-order valence-corrected chi connectivity index (χ4v) is 2.68. The molecule has 1 N–H and O–H groups in total. The highest BCUT2D eigenvalue weighted by Gasteiger charge is 2.04. The number of benzene rings is 2. The standard InChI is InChI=1S/C17H19N/c1-2-9-17-15(6-1)7-3-8-16(17)13-14-5-4-11-18-12-10-14/h1-3,6-9,13,18H,4-5,10-12H2/b14-13+. The Balaban J connectivity index is 2.00. The Morgan fingerprint density at radius 2 is 1.78 bits per heavy atom. The molecule has 1 heteroatoms. The van der Waals surface area contributed by atoms with Crippen molar-refractivity contribution in [1.29, 1.82) is 0 Å². The minimum absolute atomic E-state index is 1.12. The lowest BCUT2D eigenvalue weighted by Crippen LogP contribution is -2.13. The van der Waals surface area contributed by atoms with Crippen molar-refractivity contribution in [3.63, 3.8) is 0 Å². The van der Waals surface area contributed by atoms with E-state index in [1.54, 1.807) is 5.57 Å². The van der Waals surface area contributed by atoms with Gasteiger partial charge in [0.2, 0.25) is 0 Å². The molecule has 3 rings (SSSR count). The van der Waals surface area contributed by atoms with Crippen molar-refractivity contribution in [2.75, 3.05) is 13.1 Å². The Morgan fingerprint density at radius 3 is 2.78 bits per heavy atom. The van der Waals surface area contributed by atoms with Crippen molar-refractivity contribution in [2.24, 2.45) is 0 Å². The molecule has 1 heterocycles. The summed E-state index contributed by atoms with van der Waals surface area (Å²) in [6, 6.07) is 15.2. The minimum atomic E-state index is 1.12. The van der Waals surface area contributed by atoms with E-state index >= 15 is 0 Å². The molecule has 1 aliphatic rings. The molecule has 0 unspecified atom stereocenters. The molecular weight excluding hydrogens is 218 g/mol. The van der Waals surface area contributed by atoms with Crippen LogP contribution in [-0.4, -0.2) is 13.1 Å². The maximum Gasteiger partial charge on any atom is -0.00115 e. The lowest BCUT2D eigenvalue weighted by Gasteiger charge is -2.06. The summed E-state index contributed by atoms with van der Waals surface area (Å²) in [4.78, 5) is 0. The SMILES string of the molecule is C(=C1/CCCNCC1)/c1cccc2ccccc12. The Hall–Kier alpha value is -1.60. The molecule has 2 aromatic rings. The number of hydrogen-bond donors (Lipinski definition) is 1. The molecule has 0 aromatic heterocycles. The summed E-state index contributed by atoms with van der Waals surface area (Å²) in [5, 5.41) is 6.16. The van der Waals surface area contributed by atoms with Crippen LogP contribution < -0.4 is 5.32 Å². The monoisotopic (exact) mass is 237 g/mol. The third-order valence-electron chi connectivity index (χ3n) is 3.66. The molecule has 0 bridgehead atoms. The van der Waals surface area contributed by atoms with E-state index < -0.39 is 0 Å². The largest absolute Gasteiger partial charge is 0.316 e. The third-order valence-corrected chi connectivity index (χ3v) is 3.66. The zero-order valence-electron chi connectivity index (χ0n) is 10.7. The average molecular weight is 237 g/mol. The Labute approximate surface area is 109 Å². The van der Waals surface area contributed by atoms with Crippen LogP contribution in [-0.2, 0) is 0 Å². The topological polar surface area (TPSA) is 12.0 Å². The Bertz CT molecular complexity index is 553. The van der Waals surface area contributed by atoms with Gasteiger partial charge in [0.1, 0.15) is 0 Å². The normalized spacial score (nSPS) is 19.0. The molecule has 0 aliphatic carbocycles. The van der Waals surface area contributed by atoms with Crippen LogP contribution in [0.1, 0.15) is 24.8 Å². The van der Waals surface area contributed by atoms with Gasteiger partial charge in [-0.15, -0.1) is 0 Å². The molecule has 2 aromatic carbocycles. The van der Waals surface area contributed by atoms with Crippen LogP contribution in [0.25, 0.3) is 16.8 Å². The molecule has 0 spiro atoms. The molecule has 92 valence electrons. The Kier molecular flexibility index (Phi) is 3.42. The van der Waals surface area contributed by atoms with Crippen LogP contribution in [0.2, 0.25) is 0 Å². The van der Waals surface area contributed by atoms with Gasteiger partial charge in [0.25, 0.3) is 0 Å². The number of hydrogen-bond acceptors (Lipinski definition) is 1. The second-order valence-corrected chi connectivity index (χ2v) is 4.97. The van der Waals surface area contributed by atoms with E-state index in [0.717, 1.165) is 13.1 Å². The highest BCUT2D eigenvalue weighted by Crippen LogP contribution is 2.23. The van der Waals surface area contributed by atoms with Crippen molar-refractivity contribution in [2.45, 2.75) is 19.3 Å². The lowest BCUT2D eigenvalue weighted by atomic mass is 10.00. The molecule has 1 fully saturated rings. The molecule has 1 nitrogen and oxygen atoms in total. The van der Waals surface area contributed by atoms with E-state index in [-0.39, 0.29) is 0 Å². The van der Waals surface area contributed by atoms with E-state index in [4.69, 9.17) is 0 Å². The summed E-state index contributed by atoms with van der Waals surface area (Å²) >= 11 is 0. The fraction of sp³-hybridized carbons (Fsp3) is 0.294.